The van der Waals surface area contributed by atoms with Gasteiger partial charge in [0.25, 0.3) is 15.9 Å². The summed E-state index contributed by atoms with van der Waals surface area (Å²) in [7, 11) is -6.56. The number of benzene rings is 3. The fourth-order valence-corrected chi connectivity index (χ4v) is 6.81. The molecule has 3 atom stereocenters. The molecule has 226 valence electrons. The molecule has 1 amide bonds. The van der Waals surface area contributed by atoms with Crippen LogP contribution in [0.5, 0.6) is 5.75 Å². The van der Waals surface area contributed by atoms with Gasteiger partial charge in [-0.25, -0.2) is 21.2 Å². The Labute approximate surface area is 245 Å². The molecule has 0 radical (unpaired) electrons. The summed E-state index contributed by atoms with van der Waals surface area (Å²) in [5.41, 5.74) is 1.08. The maximum Gasteiger partial charge on any atom is 0.261 e. The highest BCUT2D eigenvalue weighted by Crippen LogP contribution is 2.32. The minimum Gasteiger partial charge on any atom is -0.488 e. The largest absolute Gasteiger partial charge is 0.488 e. The SMILES string of the molecule is Cc1ccc(S(=O)(=O)Nc2ccc3c(c2)C(=O)N([C@@H](C)CO)C[C@@H](C)[C@@H](CN(C)S(=O)(=O)c2ccc(F)cc2)O3)cc1. The molecule has 4 rings (SSSR count). The summed E-state index contributed by atoms with van der Waals surface area (Å²) in [6.45, 7) is 5.04. The number of hydrogen-bond acceptors (Lipinski definition) is 7. The molecule has 3 aromatic carbocycles. The Bertz CT molecular complexity index is 1650. The second kappa shape index (κ2) is 12.4. The van der Waals surface area contributed by atoms with Gasteiger partial charge >= 0.3 is 0 Å². The fraction of sp³-hybridized carbons (Fsp3) is 0.345. The number of carbonyl (C=O) groups excluding carboxylic acids is 1. The van der Waals surface area contributed by atoms with Crippen LogP contribution in [0, 0.1) is 18.7 Å². The number of anilines is 1. The number of ether oxygens (including phenoxy) is 1. The van der Waals surface area contributed by atoms with E-state index in [-0.39, 0.29) is 52.4 Å². The van der Waals surface area contributed by atoms with E-state index < -0.39 is 43.9 Å². The lowest BCUT2D eigenvalue weighted by Crippen LogP contribution is -2.50. The number of sulfonamides is 2. The number of aliphatic hydroxyl groups excluding tert-OH is 1. The molecule has 0 unspecified atom stereocenters. The molecule has 2 N–H and O–H groups in total. The minimum absolute atomic E-state index is 0.0530. The van der Waals surface area contributed by atoms with Crippen LogP contribution in [-0.2, 0) is 20.0 Å². The van der Waals surface area contributed by atoms with Gasteiger partial charge in [-0.3, -0.25) is 9.52 Å². The average Bonchev–Trinajstić information content (AvgIpc) is 2.95. The van der Waals surface area contributed by atoms with Gasteiger partial charge in [0.15, 0.2) is 0 Å². The molecule has 0 aromatic heterocycles. The molecular formula is C29H34FN3O7S2. The first-order valence-electron chi connectivity index (χ1n) is 13.3. The number of nitrogens with zero attached hydrogens (tertiary/aromatic N) is 2. The molecule has 10 nitrogen and oxygen atoms in total. The number of nitrogens with one attached hydrogen (secondary N) is 1. The van der Waals surface area contributed by atoms with Crippen LogP contribution in [-0.4, -0.2) is 75.9 Å². The van der Waals surface area contributed by atoms with E-state index in [0.717, 1.165) is 22.0 Å². The van der Waals surface area contributed by atoms with Crippen LogP contribution < -0.4 is 9.46 Å². The van der Waals surface area contributed by atoms with E-state index in [1.54, 1.807) is 19.1 Å². The van der Waals surface area contributed by atoms with Gasteiger partial charge < -0.3 is 14.7 Å². The van der Waals surface area contributed by atoms with Gasteiger partial charge in [0.2, 0.25) is 10.0 Å². The number of fused-ring (bicyclic) bond motifs is 1. The highest BCUT2D eigenvalue weighted by molar-refractivity contribution is 7.92. The van der Waals surface area contributed by atoms with Crippen LogP contribution in [0.15, 0.2) is 76.5 Å². The van der Waals surface area contributed by atoms with Crippen LogP contribution in [0.2, 0.25) is 0 Å². The van der Waals surface area contributed by atoms with Gasteiger partial charge in [-0.2, -0.15) is 4.31 Å². The Kier molecular flexibility index (Phi) is 9.26. The van der Waals surface area contributed by atoms with Crippen molar-refractivity contribution in [3.05, 3.63) is 83.7 Å². The molecule has 1 aliphatic heterocycles. The number of aryl methyl sites for hydroxylation is 1. The zero-order valence-corrected chi connectivity index (χ0v) is 25.3. The molecule has 0 saturated heterocycles. The number of halogens is 1. The number of rotatable bonds is 9. The maximum absolute atomic E-state index is 13.7. The van der Waals surface area contributed by atoms with Crippen LogP contribution in [0.3, 0.4) is 0 Å². The summed E-state index contributed by atoms with van der Waals surface area (Å²) >= 11 is 0. The first-order valence-corrected chi connectivity index (χ1v) is 16.2. The first-order chi connectivity index (χ1) is 19.7. The molecule has 0 aliphatic carbocycles. The Morgan fingerprint density at radius 1 is 1.05 bits per heavy atom. The molecule has 13 heteroatoms. The van der Waals surface area contributed by atoms with Crippen molar-refractivity contribution in [3.63, 3.8) is 0 Å². The monoisotopic (exact) mass is 619 g/mol. The lowest BCUT2D eigenvalue weighted by Gasteiger charge is -2.38. The number of likely N-dealkylation sites (N-methyl/N-ethyl adjacent to an activating group) is 1. The summed E-state index contributed by atoms with van der Waals surface area (Å²) in [5, 5.41) is 9.89. The van der Waals surface area contributed by atoms with E-state index in [2.05, 4.69) is 4.72 Å². The van der Waals surface area contributed by atoms with Gasteiger partial charge in [-0.05, 0) is 68.4 Å². The van der Waals surface area contributed by atoms with Gasteiger partial charge in [0, 0.05) is 25.2 Å². The highest BCUT2D eigenvalue weighted by atomic mass is 32.2. The molecule has 42 heavy (non-hydrogen) atoms. The smallest absolute Gasteiger partial charge is 0.261 e. The summed E-state index contributed by atoms with van der Waals surface area (Å²) in [5.74, 6) is -1.27. The van der Waals surface area contributed by atoms with E-state index in [4.69, 9.17) is 4.74 Å². The third-order valence-electron chi connectivity index (χ3n) is 7.21. The van der Waals surface area contributed by atoms with Crippen LogP contribution in [0.25, 0.3) is 0 Å². The Balaban J connectivity index is 1.68. The maximum atomic E-state index is 13.7. The molecule has 1 aliphatic rings. The Morgan fingerprint density at radius 3 is 2.29 bits per heavy atom. The third-order valence-corrected chi connectivity index (χ3v) is 10.4. The highest BCUT2D eigenvalue weighted by Gasteiger charge is 2.35. The van der Waals surface area contributed by atoms with Crippen molar-refractivity contribution >= 4 is 31.6 Å². The summed E-state index contributed by atoms with van der Waals surface area (Å²) in [4.78, 5) is 15.1. The number of hydrogen-bond donors (Lipinski definition) is 2. The quantitative estimate of drug-likeness (QED) is 0.375. The summed E-state index contributed by atoms with van der Waals surface area (Å²) in [6.07, 6.45) is -0.736. The number of carbonyl (C=O) groups is 1. The summed E-state index contributed by atoms with van der Waals surface area (Å²) in [6, 6.07) is 14.5. The van der Waals surface area contributed by atoms with Crippen molar-refractivity contribution in [2.75, 3.05) is 31.5 Å². The first kappa shape index (κ1) is 31.4. The normalized spacial score (nSPS) is 18.5. The molecule has 3 aromatic rings. The average molecular weight is 620 g/mol. The second-order valence-electron chi connectivity index (χ2n) is 10.5. The second-order valence-corrected chi connectivity index (χ2v) is 14.2. The van der Waals surface area contributed by atoms with Crippen LogP contribution >= 0.6 is 0 Å². The van der Waals surface area contributed by atoms with E-state index in [0.29, 0.717) is 0 Å². The van der Waals surface area contributed by atoms with E-state index in [1.165, 1.54) is 54.4 Å². The Morgan fingerprint density at radius 2 is 1.67 bits per heavy atom. The van der Waals surface area contributed by atoms with E-state index >= 15 is 0 Å². The predicted octanol–water partition coefficient (Wildman–Crippen LogP) is 3.48. The van der Waals surface area contributed by atoms with Crippen molar-refractivity contribution < 1.29 is 35.9 Å². The molecular weight excluding hydrogens is 585 g/mol. The summed E-state index contributed by atoms with van der Waals surface area (Å²) < 4.78 is 75.6. The van der Waals surface area contributed by atoms with Crippen LogP contribution in [0.4, 0.5) is 10.1 Å². The van der Waals surface area contributed by atoms with Crippen molar-refractivity contribution in [1.82, 2.24) is 9.21 Å². The third kappa shape index (κ3) is 6.75. The van der Waals surface area contributed by atoms with Crippen molar-refractivity contribution in [1.29, 1.82) is 0 Å². The van der Waals surface area contributed by atoms with Gasteiger partial charge in [-0.1, -0.05) is 24.6 Å². The Hall–Kier alpha value is -3.52. The number of aliphatic hydroxyl groups is 1. The van der Waals surface area contributed by atoms with Gasteiger partial charge in [0.1, 0.15) is 17.7 Å². The fourth-order valence-electron chi connectivity index (χ4n) is 4.57. The van der Waals surface area contributed by atoms with Gasteiger partial charge in [0.05, 0.1) is 34.5 Å². The molecule has 0 saturated carbocycles. The lowest BCUT2D eigenvalue weighted by atomic mass is 9.99. The van der Waals surface area contributed by atoms with Crippen molar-refractivity contribution in [2.24, 2.45) is 5.92 Å². The molecule has 0 fully saturated rings. The van der Waals surface area contributed by atoms with Crippen molar-refractivity contribution in [3.8, 4) is 5.75 Å². The minimum atomic E-state index is -3.99. The van der Waals surface area contributed by atoms with Crippen LogP contribution in [0.1, 0.15) is 29.8 Å². The topological polar surface area (TPSA) is 133 Å². The molecule has 1 heterocycles. The standard InChI is InChI=1S/C29H34FN3O7S2/c1-19-5-10-24(11-6-19)41(36,37)31-23-9-14-27-26(15-23)29(35)33(21(3)18-34)16-20(2)28(40-27)17-32(4)42(38,39)25-12-7-22(30)8-13-25/h5-15,20-21,28,31,34H,16-18H2,1-4H3/t20-,21+,28-/m1/s1. The number of amides is 1. The van der Waals surface area contributed by atoms with Crippen molar-refractivity contribution in [2.45, 2.75) is 42.7 Å². The van der Waals surface area contributed by atoms with E-state index in [1.807, 2.05) is 13.8 Å². The molecule has 0 spiro atoms. The van der Waals surface area contributed by atoms with E-state index in [9.17, 15) is 31.1 Å². The zero-order chi connectivity index (χ0) is 30.8. The lowest BCUT2D eigenvalue weighted by molar-refractivity contribution is 0.0387. The molecule has 0 bridgehead atoms. The van der Waals surface area contributed by atoms with Gasteiger partial charge in [-0.15, -0.1) is 0 Å². The predicted molar refractivity (Wildman–Crippen MR) is 156 cm³/mol. The zero-order valence-electron chi connectivity index (χ0n) is 23.7.